The van der Waals surface area contributed by atoms with Crippen molar-refractivity contribution in [3.63, 3.8) is 0 Å². The Morgan fingerprint density at radius 3 is 2.50 bits per heavy atom. The molecule has 3 heterocycles. The summed E-state index contributed by atoms with van der Waals surface area (Å²) in [5, 5.41) is 3.28. The summed E-state index contributed by atoms with van der Waals surface area (Å²) in [5.74, 6) is -1.93. The van der Waals surface area contributed by atoms with Gasteiger partial charge in [-0.25, -0.2) is 18.2 Å². The summed E-state index contributed by atoms with van der Waals surface area (Å²) in [5.41, 5.74) is 5.38. The van der Waals surface area contributed by atoms with E-state index in [-0.39, 0.29) is 25.7 Å². The first kappa shape index (κ1) is 22.7. The molecule has 0 bridgehead atoms. The second-order valence-corrected chi connectivity index (χ2v) is 11.1. The molecule has 34 heavy (non-hydrogen) atoms. The number of pyridine rings is 3. The molecule has 1 N–H and O–H groups in total. The van der Waals surface area contributed by atoms with E-state index >= 15 is 4.39 Å². The van der Waals surface area contributed by atoms with Crippen molar-refractivity contribution in [2.45, 2.75) is 32.2 Å². The van der Waals surface area contributed by atoms with E-state index in [0.29, 0.717) is 28.2 Å². The number of hydrogen-bond acceptors (Lipinski definition) is 4. The molecule has 1 aliphatic rings. The zero-order chi connectivity index (χ0) is 24.0. The highest BCUT2D eigenvalue weighted by Gasteiger charge is 2.30. The van der Waals surface area contributed by atoms with Crippen LogP contribution in [0.5, 0.6) is 0 Å². The third kappa shape index (κ3) is 4.25. The van der Waals surface area contributed by atoms with E-state index in [9.17, 15) is 8.78 Å². The molecule has 3 aromatic heterocycles. The van der Waals surface area contributed by atoms with Crippen molar-refractivity contribution in [2.24, 2.45) is 0 Å². The lowest BCUT2D eigenvalue weighted by molar-refractivity contribution is 0.500. The van der Waals surface area contributed by atoms with Gasteiger partial charge in [-0.05, 0) is 57.2 Å². The molecule has 0 amide bonds. The van der Waals surface area contributed by atoms with Crippen LogP contribution in [0.2, 0.25) is 0 Å². The number of aryl methyl sites for hydroxylation is 1. The van der Waals surface area contributed by atoms with Crippen molar-refractivity contribution >= 4 is 30.1 Å². The van der Waals surface area contributed by atoms with Crippen molar-refractivity contribution in [2.75, 3.05) is 18.6 Å². The molecule has 0 saturated heterocycles. The van der Waals surface area contributed by atoms with Crippen LogP contribution < -0.4 is 10.8 Å². The SMILES string of the molecule is Cc1nc2cc(F)c(-c3ccc(P(C)C)nc3)nc2c(NCc2cccc(F)c2F)c1C1CC1. The fourth-order valence-corrected chi connectivity index (χ4v) is 4.87. The molecule has 8 heteroatoms. The molecule has 1 saturated carbocycles. The van der Waals surface area contributed by atoms with E-state index in [2.05, 4.69) is 33.6 Å². The largest absolute Gasteiger partial charge is 0.379 e. The Kier molecular flexibility index (Phi) is 5.98. The second-order valence-electron chi connectivity index (χ2n) is 8.81. The highest BCUT2D eigenvalue weighted by molar-refractivity contribution is 7.63. The summed E-state index contributed by atoms with van der Waals surface area (Å²) in [6.07, 6.45) is 3.69. The number of rotatable bonds is 6. The molecular formula is C26H24F3N4P. The van der Waals surface area contributed by atoms with Crippen molar-refractivity contribution < 1.29 is 13.2 Å². The molecule has 0 atom stereocenters. The molecule has 0 radical (unpaired) electrons. The van der Waals surface area contributed by atoms with Gasteiger partial charge in [0, 0.05) is 41.2 Å². The Morgan fingerprint density at radius 1 is 1.03 bits per heavy atom. The summed E-state index contributed by atoms with van der Waals surface area (Å²) in [6.45, 7) is 6.18. The van der Waals surface area contributed by atoms with Gasteiger partial charge < -0.3 is 5.32 Å². The van der Waals surface area contributed by atoms with Crippen LogP contribution in [0.1, 0.15) is 35.6 Å². The standard InChI is InChI=1S/C26H24F3N4P/c1-14-22(15-7-8-15)26(31-12-16-5-4-6-18(27)23(16)29)25-20(32-14)11-19(28)24(33-25)17-9-10-21(30-13-17)34(2)3/h4-6,9-11,13,15H,7-8,12H2,1-3H3,(H,31,32). The number of hydrogen-bond donors (Lipinski definition) is 1. The third-order valence-corrected chi connectivity index (χ3v) is 7.27. The minimum atomic E-state index is -0.890. The molecule has 0 spiro atoms. The predicted molar refractivity (Wildman–Crippen MR) is 132 cm³/mol. The summed E-state index contributed by atoms with van der Waals surface area (Å²) in [4.78, 5) is 13.8. The highest BCUT2D eigenvalue weighted by Crippen LogP contribution is 2.47. The van der Waals surface area contributed by atoms with Crippen LogP contribution in [0.3, 0.4) is 0 Å². The maximum atomic E-state index is 15.1. The summed E-state index contributed by atoms with van der Waals surface area (Å²) in [6, 6.07) is 9.24. The van der Waals surface area contributed by atoms with Crippen molar-refractivity contribution in [3.05, 3.63) is 76.9 Å². The van der Waals surface area contributed by atoms with Crippen LogP contribution in [-0.2, 0) is 6.54 Å². The van der Waals surface area contributed by atoms with Gasteiger partial charge in [0.1, 0.15) is 11.2 Å². The maximum Gasteiger partial charge on any atom is 0.163 e. The van der Waals surface area contributed by atoms with Crippen LogP contribution in [0.25, 0.3) is 22.3 Å². The molecule has 4 nitrogen and oxygen atoms in total. The molecule has 174 valence electrons. The number of anilines is 1. The smallest absolute Gasteiger partial charge is 0.163 e. The third-order valence-electron chi connectivity index (χ3n) is 6.09. The van der Waals surface area contributed by atoms with Gasteiger partial charge in [0.05, 0.1) is 16.6 Å². The number of benzene rings is 1. The van der Waals surface area contributed by atoms with Crippen LogP contribution in [-0.4, -0.2) is 28.3 Å². The molecule has 0 unspecified atom stereocenters. The number of aromatic nitrogens is 3. The fraction of sp³-hybridized carbons (Fsp3) is 0.269. The number of nitrogens with zero attached hydrogens (tertiary/aromatic N) is 3. The summed E-state index contributed by atoms with van der Waals surface area (Å²) in [7, 11) is -0.361. The monoisotopic (exact) mass is 480 g/mol. The highest BCUT2D eigenvalue weighted by atomic mass is 31.1. The zero-order valence-corrected chi connectivity index (χ0v) is 20.1. The zero-order valence-electron chi connectivity index (χ0n) is 19.2. The van der Waals surface area contributed by atoms with Crippen molar-refractivity contribution in [1.29, 1.82) is 0 Å². The van der Waals surface area contributed by atoms with Gasteiger partial charge >= 0.3 is 0 Å². The minimum Gasteiger partial charge on any atom is -0.379 e. The second kappa shape index (κ2) is 8.95. The van der Waals surface area contributed by atoms with E-state index < -0.39 is 17.5 Å². The quantitative estimate of drug-likeness (QED) is 0.330. The predicted octanol–water partition coefficient (Wildman–Crippen LogP) is 6.27. The Labute approximate surface area is 197 Å². The number of fused-ring (bicyclic) bond motifs is 1. The van der Waals surface area contributed by atoms with Gasteiger partial charge in [-0.3, -0.25) is 9.97 Å². The first-order valence-electron chi connectivity index (χ1n) is 11.1. The van der Waals surface area contributed by atoms with Crippen LogP contribution >= 0.6 is 7.92 Å². The normalized spacial score (nSPS) is 13.6. The summed E-state index contributed by atoms with van der Waals surface area (Å²) >= 11 is 0. The Bertz CT molecular complexity index is 1390. The van der Waals surface area contributed by atoms with Crippen LogP contribution in [0.4, 0.5) is 18.9 Å². The van der Waals surface area contributed by atoms with Crippen molar-refractivity contribution in [1.82, 2.24) is 15.0 Å². The van der Waals surface area contributed by atoms with Gasteiger partial charge in [-0.15, -0.1) is 0 Å². The molecule has 4 aromatic rings. The lowest BCUT2D eigenvalue weighted by atomic mass is 10.0. The van der Waals surface area contributed by atoms with E-state index in [1.165, 1.54) is 12.1 Å². The van der Waals surface area contributed by atoms with Crippen LogP contribution in [0.15, 0.2) is 42.6 Å². The molecular weight excluding hydrogens is 456 g/mol. The average molecular weight is 480 g/mol. The van der Waals surface area contributed by atoms with Gasteiger partial charge in [-0.1, -0.05) is 20.1 Å². The van der Waals surface area contributed by atoms with Gasteiger partial charge in [0.2, 0.25) is 0 Å². The lowest BCUT2D eigenvalue weighted by Gasteiger charge is -2.18. The maximum absolute atomic E-state index is 15.1. The number of halogens is 3. The minimum absolute atomic E-state index is 0.0725. The Morgan fingerprint density at radius 2 is 1.82 bits per heavy atom. The first-order valence-corrected chi connectivity index (χ1v) is 13.4. The summed E-state index contributed by atoms with van der Waals surface area (Å²) < 4.78 is 43.1. The fourth-order valence-electron chi connectivity index (χ4n) is 4.21. The van der Waals surface area contributed by atoms with E-state index in [0.717, 1.165) is 35.6 Å². The molecule has 5 rings (SSSR count). The number of nitrogens with one attached hydrogen (secondary N) is 1. The molecule has 1 aromatic carbocycles. The molecule has 1 fully saturated rings. The van der Waals surface area contributed by atoms with E-state index in [1.54, 1.807) is 12.3 Å². The first-order chi connectivity index (χ1) is 16.3. The van der Waals surface area contributed by atoms with Gasteiger partial charge in [0.15, 0.2) is 17.5 Å². The lowest BCUT2D eigenvalue weighted by Crippen LogP contribution is -2.09. The van der Waals surface area contributed by atoms with Gasteiger partial charge in [-0.2, -0.15) is 0 Å². The van der Waals surface area contributed by atoms with Crippen LogP contribution in [0, 0.1) is 24.4 Å². The van der Waals surface area contributed by atoms with E-state index in [4.69, 9.17) is 0 Å². The van der Waals surface area contributed by atoms with Gasteiger partial charge in [0.25, 0.3) is 0 Å². The topological polar surface area (TPSA) is 50.7 Å². The van der Waals surface area contributed by atoms with E-state index in [1.807, 2.05) is 19.1 Å². The molecule has 1 aliphatic carbocycles. The average Bonchev–Trinajstić information content (AvgIpc) is 3.64. The Balaban J connectivity index is 1.63. The van der Waals surface area contributed by atoms with Crippen molar-refractivity contribution in [3.8, 4) is 11.3 Å². The molecule has 0 aliphatic heterocycles. The Hall–Kier alpha value is -3.05.